The lowest BCUT2D eigenvalue weighted by molar-refractivity contribution is 0.0909. The number of amides is 1. The van der Waals surface area contributed by atoms with Gasteiger partial charge in [-0.2, -0.15) is 0 Å². The van der Waals surface area contributed by atoms with Gasteiger partial charge in [-0.1, -0.05) is 48.5 Å². The van der Waals surface area contributed by atoms with Crippen LogP contribution < -0.4 is 5.32 Å². The number of furan rings is 1. The van der Waals surface area contributed by atoms with Crippen molar-refractivity contribution in [2.75, 3.05) is 0 Å². The number of rotatable bonds is 4. The van der Waals surface area contributed by atoms with Crippen LogP contribution in [0.25, 0.3) is 11.3 Å². The second kappa shape index (κ2) is 6.64. The van der Waals surface area contributed by atoms with Gasteiger partial charge in [0.05, 0.1) is 6.04 Å². The maximum atomic E-state index is 12.5. The first-order valence-electron chi connectivity index (χ1n) is 8.72. The van der Waals surface area contributed by atoms with Gasteiger partial charge >= 0.3 is 0 Å². The Morgan fingerprint density at radius 3 is 2.54 bits per heavy atom. The van der Waals surface area contributed by atoms with E-state index in [9.17, 15) is 9.59 Å². The van der Waals surface area contributed by atoms with Crippen molar-refractivity contribution in [3.8, 4) is 11.3 Å². The Labute approximate surface area is 151 Å². The van der Waals surface area contributed by atoms with Crippen LogP contribution in [0.1, 0.15) is 51.4 Å². The molecular weight excluding hydrogens is 326 g/mol. The third kappa shape index (κ3) is 3.06. The molecule has 1 aliphatic rings. The van der Waals surface area contributed by atoms with Crippen molar-refractivity contribution in [1.82, 2.24) is 5.32 Å². The Bertz CT molecular complexity index is 969. The quantitative estimate of drug-likeness (QED) is 0.705. The van der Waals surface area contributed by atoms with Crippen molar-refractivity contribution in [3.63, 3.8) is 0 Å². The number of hydrogen-bond donors (Lipinski definition) is 1. The highest BCUT2D eigenvalue weighted by Crippen LogP contribution is 2.31. The lowest BCUT2D eigenvalue weighted by Crippen LogP contribution is -2.26. The molecule has 1 amide bonds. The Hall–Kier alpha value is -3.14. The number of nitrogens with one attached hydrogen (secondary N) is 1. The minimum absolute atomic E-state index is 0.0212. The van der Waals surface area contributed by atoms with E-state index < -0.39 is 0 Å². The number of carbonyl (C=O) groups is 2. The Morgan fingerprint density at radius 1 is 1.00 bits per heavy atom. The van der Waals surface area contributed by atoms with Crippen LogP contribution in [0.5, 0.6) is 0 Å². The molecule has 2 aromatic carbocycles. The predicted molar refractivity (Wildman–Crippen MR) is 99.1 cm³/mol. The molecule has 26 heavy (non-hydrogen) atoms. The Kier molecular flexibility index (Phi) is 4.17. The van der Waals surface area contributed by atoms with E-state index in [-0.39, 0.29) is 17.7 Å². The number of benzene rings is 2. The average Bonchev–Trinajstić information content (AvgIpc) is 3.30. The molecule has 1 heterocycles. The van der Waals surface area contributed by atoms with E-state index in [0.29, 0.717) is 17.1 Å². The summed E-state index contributed by atoms with van der Waals surface area (Å²) < 4.78 is 5.73. The van der Waals surface area contributed by atoms with Gasteiger partial charge in [-0.05, 0) is 43.0 Å². The molecular formula is C22H19NO3. The van der Waals surface area contributed by atoms with Crippen molar-refractivity contribution in [2.45, 2.75) is 25.8 Å². The zero-order valence-corrected chi connectivity index (χ0v) is 14.5. The second-order valence-corrected chi connectivity index (χ2v) is 6.56. The Balaban J connectivity index is 1.49. The SMILES string of the molecule is CC(=O)c1ccc(-c2ccc(C(=O)N[C@H]3CCc4ccccc43)o2)cc1. The van der Waals surface area contributed by atoms with E-state index in [1.165, 1.54) is 18.1 Å². The van der Waals surface area contributed by atoms with Crippen LogP contribution >= 0.6 is 0 Å². The third-order valence-corrected chi connectivity index (χ3v) is 4.84. The van der Waals surface area contributed by atoms with Gasteiger partial charge in [-0.3, -0.25) is 9.59 Å². The van der Waals surface area contributed by atoms with Crippen molar-refractivity contribution in [2.24, 2.45) is 0 Å². The summed E-state index contributed by atoms with van der Waals surface area (Å²) in [4.78, 5) is 23.9. The summed E-state index contributed by atoms with van der Waals surface area (Å²) in [6, 6.07) is 18.9. The highest BCUT2D eigenvalue weighted by molar-refractivity contribution is 5.94. The fourth-order valence-electron chi connectivity index (χ4n) is 3.42. The first-order valence-corrected chi connectivity index (χ1v) is 8.72. The van der Waals surface area contributed by atoms with Gasteiger partial charge in [0.1, 0.15) is 5.76 Å². The van der Waals surface area contributed by atoms with E-state index >= 15 is 0 Å². The highest BCUT2D eigenvalue weighted by Gasteiger charge is 2.24. The normalized spacial score (nSPS) is 15.5. The van der Waals surface area contributed by atoms with Gasteiger partial charge in [-0.25, -0.2) is 0 Å². The third-order valence-electron chi connectivity index (χ3n) is 4.84. The molecule has 1 N–H and O–H groups in total. The van der Waals surface area contributed by atoms with E-state index in [1.807, 2.05) is 24.3 Å². The molecule has 1 atom stereocenters. The van der Waals surface area contributed by atoms with E-state index in [4.69, 9.17) is 4.42 Å². The molecule has 130 valence electrons. The molecule has 1 aliphatic carbocycles. The molecule has 0 unspecified atom stereocenters. The average molecular weight is 345 g/mol. The molecule has 1 aromatic heterocycles. The highest BCUT2D eigenvalue weighted by atomic mass is 16.3. The molecule has 4 rings (SSSR count). The molecule has 0 fully saturated rings. The number of hydrogen-bond acceptors (Lipinski definition) is 3. The van der Waals surface area contributed by atoms with Crippen LogP contribution in [-0.2, 0) is 6.42 Å². The minimum Gasteiger partial charge on any atom is -0.451 e. The number of ketones is 1. The zero-order chi connectivity index (χ0) is 18.1. The molecule has 0 saturated heterocycles. The van der Waals surface area contributed by atoms with Crippen molar-refractivity contribution >= 4 is 11.7 Å². The smallest absolute Gasteiger partial charge is 0.287 e. The van der Waals surface area contributed by atoms with Crippen LogP contribution in [-0.4, -0.2) is 11.7 Å². The molecule has 0 radical (unpaired) electrons. The lowest BCUT2D eigenvalue weighted by atomic mass is 10.1. The van der Waals surface area contributed by atoms with Crippen molar-refractivity contribution in [3.05, 3.63) is 83.1 Å². The van der Waals surface area contributed by atoms with Gasteiger partial charge in [-0.15, -0.1) is 0 Å². The van der Waals surface area contributed by atoms with Crippen LogP contribution in [0.2, 0.25) is 0 Å². The maximum absolute atomic E-state index is 12.5. The Morgan fingerprint density at radius 2 is 1.77 bits per heavy atom. The van der Waals surface area contributed by atoms with Gasteiger partial charge in [0.25, 0.3) is 5.91 Å². The first kappa shape index (κ1) is 16.3. The fourth-order valence-corrected chi connectivity index (χ4v) is 3.42. The van der Waals surface area contributed by atoms with E-state index in [1.54, 1.807) is 24.3 Å². The lowest BCUT2D eigenvalue weighted by Gasteiger charge is -2.12. The van der Waals surface area contributed by atoms with Gasteiger partial charge < -0.3 is 9.73 Å². The topological polar surface area (TPSA) is 59.3 Å². The summed E-state index contributed by atoms with van der Waals surface area (Å²) in [6.07, 6.45) is 1.89. The monoisotopic (exact) mass is 345 g/mol. The molecule has 0 bridgehead atoms. The largest absolute Gasteiger partial charge is 0.451 e. The summed E-state index contributed by atoms with van der Waals surface area (Å²) in [5.74, 6) is 0.711. The molecule has 4 heteroatoms. The van der Waals surface area contributed by atoms with Crippen molar-refractivity contribution in [1.29, 1.82) is 0 Å². The van der Waals surface area contributed by atoms with Gasteiger partial charge in [0.15, 0.2) is 11.5 Å². The fraction of sp³-hybridized carbons (Fsp3) is 0.182. The van der Waals surface area contributed by atoms with Crippen LogP contribution in [0.4, 0.5) is 0 Å². The summed E-state index contributed by atoms with van der Waals surface area (Å²) >= 11 is 0. The van der Waals surface area contributed by atoms with Crippen LogP contribution in [0.15, 0.2) is 65.1 Å². The summed E-state index contributed by atoms with van der Waals surface area (Å²) in [5.41, 5.74) is 3.97. The molecule has 0 saturated carbocycles. The van der Waals surface area contributed by atoms with Crippen LogP contribution in [0, 0.1) is 0 Å². The standard InChI is InChI=1S/C22H19NO3/c1-14(24)15-6-8-17(9-7-15)20-12-13-21(26-20)22(25)23-19-11-10-16-4-2-3-5-18(16)19/h2-9,12-13,19H,10-11H2,1H3,(H,23,25)/t19-/m0/s1. The molecule has 3 aromatic rings. The second-order valence-electron chi connectivity index (χ2n) is 6.56. The van der Waals surface area contributed by atoms with E-state index in [2.05, 4.69) is 17.4 Å². The predicted octanol–water partition coefficient (Wildman–Crippen LogP) is 4.57. The number of aryl methyl sites for hydroxylation is 1. The molecule has 0 aliphatic heterocycles. The summed E-state index contributed by atoms with van der Waals surface area (Å²) in [6.45, 7) is 1.53. The van der Waals surface area contributed by atoms with E-state index in [0.717, 1.165) is 18.4 Å². The summed E-state index contributed by atoms with van der Waals surface area (Å²) in [5, 5.41) is 3.06. The van der Waals surface area contributed by atoms with Gasteiger partial charge in [0, 0.05) is 11.1 Å². The molecule has 4 nitrogen and oxygen atoms in total. The number of Topliss-reactive ketones (excluding diaryl/α,β-unsaturated/α-hetero) is 1. The number of fused-ring (bicyclic) bond motifs is 1. The number of carbonyl (C=O) groups excluding carboxylic acids is 2. The summed E-state index contributed by atoms with van der Waals surface area (Å²) in [7, 11) is 0. The minimum atomic E-state index is -0.210. The van der Waals surface area contributed by atoms with Crippen molar-refractivity contribution < 1.29 is 14.0 Å². The maximum Gasteiger partial charge on any atom is 0.287 e. The molecule has 0 spiro atoms. The van der Waals surface area contributed by atoms with Crippen LogP contribution in [0.3, 0.4) is 0 Å². The van der Waals surface area contributed by atoms with Gasteiger partial charge in [0.2, 0.25) is 0 Å². The first-order chi connectivity index (χ1) is 12.6. The zero-order valence-electron chi connectivity index (χ0n) is 14.5.